The molecule has 1 aliphatic rings. The minimum absolute atomic E-state index is 0. The van der Waals surface area contributed by atoms with E-state index < -0.39 is 7.05 Å². The number of para-hydroxylation sites is 3. The zero-order chi connectivity index (χ0) is 41.7. The summed E-state index contributed by atoms with van der Waals surface area (Å²) in [6, 6.07) is 63.5. The molecule has 62 heavy (non-hydrogen) atoms. The number of rotatable bonds is 8. The van der Waals surface area contributed by atoms with Crippen LogP contribution in [0.25, 0.3) is 44.7 Å². The van der Waals surface area contributed by atoms with Gasteiger partial charge >= 0.3 is 7.05 Å². The van der Waals surface area contributed by atoms with Crippen LogP contribution in [-0.2, 0) is 26.5 Å². The number of aryl methyl sites for hydroxylation is 2. The summed E-state index contributed by atoms with van der Waals surface area (Å²) < 4.78 is 17.6. The third kappa shape index (κ3) is 7.52. The first-order valence-corrected chi connectivity index (χ1v) is 20.7. The van der Waals surface area contributed by atoms with E-state index in [-0.39, 0.29) is 26.5 Å². The van der Waals surface area contributed by atoms with E-state index in [0.29, 0.717) is 17.2 Å². The number of imidazole rings is 1. The van der Waals surface area contributed by atoms with Crippen molar-refractivity contribution in [3.63, 3.8) is 0 Å². The molecule has 0 spiro atoms. The summed E-state index contributed by atoms with van der Waals surface area (Å²) in [4.78, 5) is 7.03. The molecule has 0 saturated carbocycles. The number of anilines is 2. The van der Waals surface area contributed by atoms with E-state index in [4.69, 9.17) is 14.4 Å². The average molecular weight is 986 g/mol. The predicted molar refractivity (Wildman–Crippen MR) is 246 cm³/mol. The SMILES string of the molecule is Cc1cccc(C)c1B1Oc2ccc(Oc3[c-]c(-n4[c-][n+](-c5c(-c6ccccc6)cccc5-c5ccccc5)c5ccccc54)ccc3)[c-]c2N1c1cc(C(C)(C)C)ccn1.[Pt]. The normalized spacial score (nSPS) is 12.2. The Morgan fingerprint density at radius 2 is 1.29 bits per heavy atom. The van der Waals surface area contributed by atoms with Gasteiger partial charge in [0.1, 0.15) is 5.82 Å². The maximum Gasteiger partial charge on any atom is 0.511 e. The summed E-state index contributed by atoms with van der Waals surface area (Å²) in [7, 11) is -0.431. The number of hydrogen-bond acceptors (Lipinski definition) is 4. The molecular formula is C54H43BN4O2Pt-2. The van der Waals surface area contributed by atoms with E-state index in [1.165, 1.54) is 5.56 Å². The molecule has 0 saturated heterocycles. The molecule has 6 nitrogen and oxygen atoms in total. The summed E-state index contributed by atoms with van der Waals surface area (Å²) in [6.45, 7) is 10.9. The molecule has 0 fully saturated rings. The van der Waals surface area contributed by atoms with Gasteiger partial charge in [0, 0.05) is 44.5 Å². The Balaban J connectivity index is 0.00000490. The molecule has 1 aliphatic heterocycles. The standard InChI is InChI=1S/C54H43BN4O2.Pt/c1-37-17-14-18-38(2)52(37)55-59(51-33-41(31-32-56-51)54(3,4)5)49-35-44(29-30-50(49)61-55)60-43-24-15-23-42(34-43)57-36-58(48-28-13-12-27-47(48)57)53-45(39-19-8-6-9-20-39)25-16-26-46(53)40-21-10-7-11-22-40;/h6-33H,1-5H3;/q-2;. The van der Waals surface area contributed by atoms with Crippen LogP contribution in [0.3, 0.4) is 0 Å². The van der Waals surface area contributed by atoms with Crippen LogP contribution in [-0.4, -0.2) is 16.6 Å². The second-order valence-corrected chi connectivity index (χ2v) is 16.5. The van der Waals surface area contributed by atoms with Crippen molar-refractivity contribution in [1.29, 1.82) is 0 Å². The Hall–Kier alpha value is -6.69. The van der Waals surface area contributed by atoms with Gasteiger partial charge in [-0.1, -0.05) is 153 Å². The second-order valence-electron chi connectivity index (χ2n) is 16.5. The quantitative estimate of drug-likeness (QED) is 0.0864. The predicted octanol–water partition coefficient (Wildman–Crippen LogP) is 11.7. The van der Waals surface area contributed by atoms with Crippen LogP contribution in [0, 0.1) is 32.3 Å². The van der Waals surface area contributed by atoms with E-state index in [0.717, 1.165) is 72.8 Å². The topological polar surface area (TPSA) is 43.4 Å². The van der Waals surface area contributed by atoms with Crippen LogP contribution in [0.15, 0.2) is 170 Å². The Labute approximate surface area is 378 Å². The van der Waals surface area contributed by atoms with Crippen molar-refractivity contribution in [1.82, 2.24) is 9.55 Å². The molecule has 2 aromatic heterocycles. The smallest absolute Gasteiger partial charge is 0.511 e. The molecule has 0 amide bonds. The maximum absolute atomic E-state index is 6.76. The van der Waals surface area contributed by atoms with Gasteiger partial charge in [-0.3, -0.25) is 4.57 Å². The molecule has 0 aliphatic carbocycles. The van der Waals surface area contributed by atoms with Gasteiger partial charge in [0.2, 0.25) is 0 Å². The Morgan fingerprint density at radius 1 is 0.661 bits per heavy atom. The molecule has 10 rings (SSSR count). The van der Waals surface area contributed by atoms with Crippen LogP contribution in [0.5, 0.6) is 17.2 Å². The van der Waals surface area contributed by atoms with Gasteiger partial charge in [-0.25, -0.2) is 4.98 Å². The number of benzene rings is 7. The first kappa shape index (κ1) is 40.7. The number of ether oxygens (including phenoxy) is 1. The minimum Gasteiger partial charge on any atom is -0.599 e. The molecule has 0 unspecified atom stereocenters. The molecule has 0 radical (unpaired) electrons. The van der Waals surface area contributed by atoms with Crippen molar-refractivity contribution >= 4 is 35.1 Å². The maximum atomic E-state index is 6.76. The number of nitrogens with zero attached hydrogens (tertiary/aromatic N) is 4. The molecule has 0 N–H and O–H groups in total. The van der Waals surface area contributed by atoms with E-state index in [2.05, 4.69) is 200 Å². The van der Waals surface area contributed by atoms with Gasteiger partial charge in [0.25, 0.3) is 6.33 Å². The van der Waals surface area contributed by atoms with Gasteiger partial charge in [-0.05, 0) is 76.1 Å². The largest absolute Gasteiger partial charge is 0.599 e. The minimum atomic E-state index is -0.431. The zero-order valence-corrected chi connectivity index (χ0v) is 37.4. The van der Waals surface area contributed by atoms with Crippen LogP contribution in [0.1, 0.15) is 37.5 Å². The molecule has 0 atom stereocenters. The number of pyridine rings is 1. The summed E-state index contributed by atoms with van der Waals surface area (Å²) in [5.41, 5.74) is 13.6. The van der Waals surface area contributed by atoms with Gasteiger partial charge in [0.15, 0.2) is 0 Å². The summed E-state index contributed by atoms with van der Waals surface area (Å²) in [5.74, 6) is 2.58. The van der Waals surface area contributed by atoms with Gasteiger partial charge in [0.05, 0.1) is 16.7 Å². The Morgan fingerprint density at radius 3 is 1.98 bits per heavy atom. The van der Waals surface area contributed by atoms with Crippen LogP contribution in [0.2, 0.25) is 0 Å². The van der Waals surface area contributed by atoms with Crippen molar-refractivity contribution in [2.24, 2.45) is 0 Å². The Kier molecular flexibility index (Phi) is 10.9. The molecule has 0 bridgehead atoms. The number of fused-ring (bicyclic) bond motifs is 2. The van der Waals surface area contributed by atoms with Crippen molar-refractivity contribution in [2.45, 2.75) is 40.0 Å². The monoisotopic (exact) mass is 985 g/mol. The first-order chi connectivity index (χ1) is 29.7. The molecule has 7 aromatic carbocycles. The Bertz CT molecular complexity index is 2990. The molecule has 3 heterocycles. The average Bonchev–Trinajstić information content (AvgIpc) is 3.85. The molecular weight excluding hydrogens is 943 g/mol. The fourth-order valence-electron chi connectivity index (χ4n) is 8.36. The van der Waals surface area contributed by atoms with Crippen LogP contribution in [0.4, 0.5) is 11.5 Å². The van der Waals surface area contributed by atoms with Crippen molar-refractivity contribution < 1.29 is 35.0 Å². The van der Waals surface area contributed by atoms with Crippen LogP contribution < -0.4 is 24.2 Å². The molecule has 9 aromatic rings. The van der Waals surface area contributed by atoms with Crippen molar-refractivity contribution in [2.75, 3.05) is 4.81 Å². The fourth-order valence-corrected chi connectivity index (χ4v) is 8.36. The second kappa shape index (κ2) is 16.6. The zero-order valence-electron chi connectivity index (χ0n) is 35.2. The van der Waals surface area contributed by atoms with Crippen molar-refractivity contribution in [3.05, 3.63) is 205 Å². The van der Waals surface area contributed by atoms with Gasteiger partial charge in [-0.2, -0.15) is 12.1 Å². The van der Waals surface area contributed by atoms with Gasteiger partial charge in [-0.15, -0.1) is 30.3 Å². The number of aromatic nitrogens is 3. The van der Waals surface area contributed by atoms with E-state index in [9.17, 15) is 0 Å². The van der Waals surface area contributed by atoms with Crippen molar-refractivity contribution in [3.8, 4) is 50.9 Å². The summed E-state index contributed by atoms with van der Waals surface area (Å²) >= 11 is 0. The third-order valence-corrected chi connectivity index (χ3v) is 11.4. The summed E-state index contributed by atoms with van der Waals surface area (Å²) in [5, 5.41) is 0. The van der Waals surface area contributed by atoms with Gasteiger partial charge < -0.3 is 18.8 Å². The van der Waals surface area contributed by atoms with E-state index >= 15 is 0 Å². The summed E-state index contributed by atoms with van der Waals surface area (Å²) in [6.07, 6.45) is 5.62. The fraction of sp³-hybridized carbons (Fsp3) is 0.111. The number of hydrogen-bond donors (Lipinski definition) is 0. The molecule has 8 heteroatoms. The van der Waals surface area contributed by atoms with Crippen LogP contribution >= 0.6 is 0 Å². The molecule has 306 valence electrons. The van der Waals surface area contributed by atoms with E-state index in [1.54, 1.807) is 0 Å². The third-order valence-electron chi connectivity index (χ3n) is 11.4. The van der Waals surface area contributed by atoms with E-state index in [1.807, 2.05) is 36.5 Å². The first-order valence-electron chi connectivity index (χ1n) is 20.7.